The number of ketones is 1. The highest BCUT2D eigenvalue weighted by Gasteiger charge is 2.61. The molecular weight excluding hydrogens is 356 g/mol. The van der Waals surface area contributed by atoms with E-state index in [1.165, 1.54) is 31.3 Å². The number of aliphatic hydroxyl groups excluding tert-OH is 1. The van der Waals surface area contributed by atoms with Gasteiger partial charge in [0.1, 0.15) is 0 Å². The van der Waals surface area contributed by atoms with Crippen molar-refractivity contribution in [1.82, 2.24) is 0 Å². The van der Waals surface area contributed by atoms with E-state index in [-0.39, 0.29) is 17.4 Å². The molecule has 0 saturated heterocycles. The van der Waals surface area contributed by atoms with Crippen LogP contribution in [0.4, 0.5) is 0 Å². The van der Waals surface area contributed by atoms with Crippen molar-refractivity contribution in [2.24, 2.45) is 46.3 Å². The Bertz CT molecular complexity index is 703. The minimum atomic E-state index is -0.248. The standard InChI is InChI=1S/C27H42O2/c1-17(2)7-6-8-18(3)21-9-10-22-25-23(12-14-27(21,22)5)26(4)13-11-20(28)15-19(26)16-24(25)29/h6,8,16-18,20-23,25,28H,7,9-15H2,1-5H3. The largest absolute Gasteiger partial charge is 0.393 e. The SMILES string of the molecule is CC(C)CC=CC(C)C1CCC2C3C(=O)C=C4CC(O)CCC4(C)C3CCC12C. The molecule has 162 valence electrons. The quantitative estimate of drug-likeness (QED) is 0.561. The zero-order valence-corrected chi connectivity index (χ0v) is 19.3. The van der Waals surface area contributed by atoms with Gasteiger partial charge in [0.15, 0.2) is 5.78 Å². The van der Waals surface area contributed by atoms with Crippen LogP contribution in [0.5, 0.6) is 0 Å². The molecule has 0 spiro atoms. The maximum absolute atomic E-state index is 13.4. The number of rotatable bonds is 4. The van der Waals surface area contributed by atoms with Crippen molar-refractivity contribution in [1.29, 1.82) is 0 Å². The second kappa shape index (κ2) is 7.66. The third-order valence-corrected chi connectivity index (χ3v) is 9.68. The molecule has 0 amide bonds. The van der Waals surface area contributed by atoms with Gasteiger partial charge in [-0.1, -0.05) is 52.3 Å². The van der Waals surface area contributed by atoms with Crippen LogP contribution in [0, 0.1) is 46.3 Å². The summed E-state index contributed by atoms with van der Waals surface area (Å²) < 4.78 is 0. The highest BCUT2D eigenvalue weighted by Crippen LogP contribution is 2.66. The molecular formula is C27H42O2. The van der Waals surface area contributed by atoms with E-state index >= 15 is 0 Å². The third-order valence-electron chi connectivity index (χ3n) is 9.68. The molecule has 29 heavy (non-hydrogen) atoms. The average Bonchev–Trinajstić information content (AvgIpc) is 3.00. The van der Waals surface area contributed by atoms with Crippen molar-refractivity contribution in [2.75, 3.05) is 0 Å². The topological polar surface area (TPSA) is 37.3 Å². The predicted molar refractivity (Wildman–Crippen MR) is 119 cm³/mol. The molecule has 1 N–H and O–H groups in total. The highest BCUT2D eigenvalue weighted by atomic mass is 16.3. The van der Waals surface area contributed by atoms with Gasteiger partial charge in [-0.3, -0.25) is 4.79 Å². The van der Waals surface area contributed by atoms with E-state index in [1.54, 1.807) is 0 Å². The molecule has 8 atom stereocenters. The molecule has 3 saturated carbocycles. The second-order valence-corrected chi connectivity index (χ2v) is 11.8. The molecule has 2 heteroatoms. The van der Waals surface area contributed by atoms with Crippen LogP contribution in [0.25, 0.3) is 0 Å². The van der Waals surface area contributed by atoms with Crippen LogP contribution in [0.15, 0.2) is 23.8 Å². The van der Waals surface area contributed by atoms with E-state index in [0.29, 0.717) is 41.3 Å². The Morgan fingerprint density at radius 1 is 1.10 bits per heavy atom. The Morgan fingerprint density at radius 3 is 2.59 bits per heavy atom. The number of aliphatic hydroxyl groups is 1. The van der Waals surface area contributed by atoms with Crippen LogP contribution < -0.4 is 0 Å². The van der Waals surface area contributed by atoms with Gasteiger partial charge in [0.2, 0.25) is 0 Å². The first-order chi connectivity index (χ1) is 13.7. The van der Waals surface area contributed by atoms with Crippen molar-refractivity contribution in [3.05, 3.63) is 23.8 Å². The first-order valence-corrected chi connectivity index (χ1v) is 12.3. The Labute approximate surface area is 178 Å². The molecule has 4 rings (SSSR count). The molecule has 0 aliphatic heterocycles. The Morgan fingerprint density at radius 2 is 1.86 bits per heavy atom. The number of carbonyl (C=O) groups excluding carboxylic acids is 1. The Hall–Kier alpha value is -0.890. The summed E-state index contributed by atoms with van der Waals surface area (Å²) in [5.41, 5.74) is 1.69. The van der Waals surface area contributed by atoms with Gasteiger partial charge >= 0.3 is 0 Å². The van der Waals surface area contributed by atoms with Gasteiger partial charge in [-0.2, -0.15) is 0 Å². The van der Waals surface area contributed by atoms with Crippen molar-refractivity contribution in [3.63, 3.8) is 0 Å². The molecule has 4 aliphatic carbocycles. The molecule has 0 heterocycles. The fourth-order valence-corrected chi connectivity index (χ4v) is 7.99. The third kappa shape index (κ3) is 3.48. The molecule has 0 aromatic rings. The van der Waals surface area contributed by atoms with Gasteiger partial charge in [-0.25, -0.2) is 0 Å². The first kappa shape index (κ1) is 21.3. The lowest BCUT2D eigenvalue weighted by Gasteiger charge is -2.57. The smallest absolute Gasteiger partial charge is 0.159 e. The van der Waals surface area contributed by atoms with Crippen molar-refractivity contribution >= 4 is 5.78 Å². The van der Waals surface area contributed by atoms with Crippen LogP contribution in [-0.4, -0.2) is 17.0 Å². The number of allylic oxidation sites excluding steroid dienone is 3. The molecule has 0 bridgehead atoms. The first-order valence-electron chi connectivity index (χ1n) is 12.3. The van der Waals surface area contributed by atoms with Gasteiger partial charge in [0, 0.05) is 5.92 Å². The van der Waals surface area contributed by atoms with E-state index in [2.05, 4.69) is 46.8 Å². The number of carbonyl (C=O) groups is 1. The minimum absolute atomic E-state index is 0.139. The van der Waals surface area contributed by atoms with Gasteiger partial charge in [-0.15, -0.1) is 0 Å². The summed E-state index contributed by atoms with van der Waals surface area (Å²) in [5.74, 6) is 3.66. The fourth-order valence-electron chi connectivity index (χ4n) is 7.99. The van der Waals surface area contributed by atoms with Gasteiger partial charge in [-0.05, 0) is 97.9 Å². The Balaban J connectivity index is 1.58. The lowest BCUT2D eigenvalue weighted by atomic mass is 9.46. The second-order valence-electron chi connectivity index (χ2n) is 11.8. The maximum atomic E-state index is 13.4. The molecule has 4 aliphatic rings. The van der Waals surface area contributed by atoms with Crippen LogP contribution in [0.2, 0.25) is 0 Å². The van der Waals surface area contributed by atoms with Crippen molar-refractivity contribution in [2.45, 2.75) is 92.1 Å². The molecule has 8 unspecified atom stereocenters. The summed E-state index contributed by atoms with van der Waals surface area (Å²) >= 11 is 0. The number of hydrogen-bond acceptors (Lipinski definition) is 2. The van der Waals surface area contributed by atoms with Crippen molar-refractivity contribution < 1.29 is 9.90 Å². The van der Waals surface area contributed by atoms with Gasteiger partial charge in [0.05, 0.1) is 6.10 Å². The van der Waals surface area contributed by atoms with Crippen molar-refractivity contribution in [3.8, 4) is 0 Å². The van der Waals surface area contributed by atoms with Crippen LogP contribution in [0.1, 0.15) is 86.0 Å². The van der Waals surface area contributed by atoms with Crippen LogP contribution in [-0.2, 0) is 4.79 Å². The van der Waals surface area contributed by atoms with Crippen LogP contribution >= 0.6 is 0 Å². The summed E-state index contributed by atoms with van der Waals surface area (Å²) in [5, 5.41) is 10.2. The maximum Gasteiger partial charge on any atom is 0.159 e. The predicted octanol–water partition coefficient (Wildman–Crippen LogP) is 6.34. The minimum Gasteiger partial charge on any atom is -0.393 e. The van der Waals surface area contributed by atoms with E-state index in [4.69, 9.17) is 0 Å². The normalized spacial score (nSPS) is 45.7. The van der Waals surface area contributed by atoms with E-state index in [0.717, 1.165) is 25.2 Å². The van der Waals surface area contributed by atoms with Gasteiger partial charge < -0.3 is 5.11 Å². The number of hydrogen-bond donors (Lipinski definition) is 1. The van der Waals surface area contributed by atoms with E-state index in [9.17, 15) is 9.90 Å². The van der Waals surface area contributed by atoms with Gasteiger partial charge in [0.25, 0.3) is 0 Å². The van der Waals surface area contributed by atoms with E-state index < -0.39 is 0 Å². The Kier molecular flexibility index (Phi) is 5.64. The zero-order chi connectivity index (χ0) is 21.0. The lowest BCUT2D eigenvalue weighted by Crippen LogP contribution is -2.53. The number of fused-ring (bicyclic) bond motifs is 5. The lowest BCUT2D eigenvalue weighted by molar-refractivity contribution is -0.134. The summed E-state index contributed by atoms with van der Waals surface area (Å²) in [7, 11) is 0. The summed E-state index contributed by atoms with van der Waals surface area (Å²) in [6, 6.07) is 0. The van der Waals surface area contributed by atoms with Crippen LogP contribution in [0.3, 0.4) is 0 Å². The molecule has 3 fully saturated rings. The molecule has 0 radical (unpaired) electrons. The zero-order valence-electron chi connectivity index (χ0n) is 19.3. The monoisotopic (exact) mass is 398 g/mol. The van der Waals surface area contributed by atoms with E-state index in [1.807, 2.05) is 6.08 Å². The summed E-state index contributed by atoms with van der Waals surface area (Å²) in [6.45, 7) is 11.9. The highest BCUT2D eigenvalue weighted by molar-refractivity contribution is 5.94. The molecule has 0 aromatic heterocycles. The fraction of sp³-hybridized carbons (Fsp3) is 0.815. The molecule has 0 aromatic carbocycles. The average molecular weight is 399 g/mol. The summed E-state index contributed by atoms with van der Waals surface area (Å²) in [4.78, 5) is 13.4. The molecule has 2 nitrogen and oxygen atoms in total. The summed E-state index contributed by atoms with van der Waals surface area (Å²) in [6.07, 6.45) is 15.4.